The van der Waals surface area contributed by atoms with Gasteiger partial charge in [-0.2, -0.15) is 0 Å². The van der Waals surface area contributed by atoms with Gasteiger partial charge in [-0.3, -0.25) is 4.90 Å². The molecule has 0 spiro atoms. The molecule has 1 aromatic rings. The number of methoxy groups -OCH3 is 1. The maximum Gasteiger partial charge on any atom is 0.338 e. The largest absolute Gasteiger partial charge is 0.460 e. The summed E-state index contributed by atoms with van der Waals surface area (Å²) < 4.78 is 10.2. The lowest BCUT2D eigenvalue weighted by Crippen LogP contribution is -2.50. The van der Waals surface area contributed by atoms with E-state index in [4.69, 9.17) is 32.7 Å². The third-order valence-corrected chi connectivity index (χ3v) is 4.80. The molecule has 0 unspecified atom stereocenters. The summed E-state index contributed by atoms with van der Waals surface area (Å²) in [5.41, 5.74) is 1.55. The number of hydrogen-bond acceptors (Lipinski definition) is 4. The highest BCUT2D eigenvalue weighted by molar-refractivity contribution is 6.42. The minimum absolute atomic E-state index is 0.119. The van der Waals surface area contributed by atoms with E-state index in [-0.39, 0.29) is 25.3 Å². The molecule has 0 saturated carbocycles. The van der Waals surface area contributed by atoms with Crippen LogP contribution in [0.15, 0.2) is 29.5 Å². The van der Waals surface area contributed by atoms with Gasteiger partial charge in [0.1, 0.15) is 6.61 Å². The molecule has 1 aromatic carbocycles. The Bertz CT molecular complexity index is 734. The number of halogens is 2. The number of rotatable bonds is 6. The Labute approximate surface area is 163 Å². The van der Waals surface area contributed by atoms with E-state index in [0.717, 1.165) is 0 Å². The highest BCUT2D eigenvalue weighted by Gasteiger charge is 2.37. The van der Waals surface area contributed by atoms with Gasteiger partial charge in [0.25, 0.3) is 0 Å². The Morgan fingerprint density at radius 3 is 2.54 bits per heavy atom. The first-order valence-electron chi connectivity index (χ1n) is 8.19. The zero-order chi connectivity index (χ0) is 19.4. The van der Waals surface area contributed by atoms with Gasteiger partial charge in [0.2, 0.25) is 0 Å². The van der Waals surface area contributed by atoms with Crippen LogP contribution < -0.4 is 5.32 Å². The molecule has 0 aromatic heterocycles. The number of nitrogens with zero attached hydrogens (tertiary/aromatic N) is 1. The average Bonchev–Trinajstić information content (AvgIpc) is 2.56. The Hall–Kier alpha value is -1.76. The molecule has 0 fully saturated rings. The number of ether oxygens (including phenoxy) is 2. The zero-order valence-corrected chi connectivity index (χ0v) is 16.6. The van der Waals surface area contributed by atoms with Crippen molar-refractivity contribution in [2.75, 3.05) is 20.3 Å². The summed E-state index contributed by atoms with van der Waals surface area (Å²) in [7, 11) is 1.53. The van der Waals surface area contributed by atoms with E-state index in [1.807, 2.05) is 13.8 Å². The van der Waals surface area contributed by atoms with Gasteiger partial charge < -0.3 is 14.8 Å². The fourth-order valence-electron chi connectivity index (χ4n) is 2.88. The van der Waals surface area contributed by atoms with Crippen LogP contribution in [0.5, 0.6) is 0 Å². The number of hydrogen-bond donors (Lipinski definition) is 1. The normalized spacial score (nSPS) is 17.6. The van der Waals surface area contributed by atoms with Crippen molar-refractivity contribution in [1.29, 1.82) is 0 Å². The van der Waals surface area contributed by atoms with Crippen LogP contribution in [0.25, 0.3) is 0 Å². The average molecular weight is 401 g/mol. The second-order valence-electron chi connectivity index (χ2n) is 6.15. The molecule has 2 amide bonds. The topological polar surface area (TPSA) is 67.9 Å². The summed E-state index contributed by atoms with van der Waals surface area (Å²) in [6, 6.07) is 3.90. The van der Waals surface area contributed by atoms with Gasteiger partial charge in [-0.15, -0.1) is 0 Å². The van der Waals surface area contributed by atoms with E-state index >= 15 is 0 Å². The zero-order valence-electron chi connectivity index (χ0n) is 15.1. The van der Waals surface area contributed by atoms with E-state index in [2.05, 4.69) is 5.32 Å². The predicted octanol–water partition coefficient (Wildman–Crippen LogP) is 3.93. The van der Waals surface area contributed by atoms with Crippen LogP contribution in [0.2, 0.25) is 10.0 Å². The van der Waals surface area contributed by atoms with E-state index < -0.39 is 12.0 Å². The Kier molecular flexibility index (Phi) is 6.92. The van der Waals surface area contributed by atoms with Crippen molar-refractivity contribution in [3.63, 3.8) is 0 Å². The van der Waals surface area contributed by atoms with Crippen molar-refractivity contribution in [2.45, 2.75) is 32.9 Å². The molecule has 8 heteroatoms. The van der Waals surface area contributed by atoms with Crippen molar-refractivity contribution in [3.05, 3.63) is 45.1 Å². The molecule has 0 bridgehead atoms. The van der Waals surface area contributed by atoms with Crippen LogP contribution in [0.4, 0.5) is 4.79 Å². The Morgan fingerprint density at radius 1 is 1.27 bits per heavy atom. The third kappa shape index (κ3) is 4.31. The predicted molar refractivity (Wildman–Crippen MR) is 100 cm³/mol. The SMILES string of the molecule is COCCOC(=O)C1=C(C)N(C(C)C)C(=O)N[C@H]1c1ccc(Cl)c(Cl)c1. The maximum absolute atomic E-state index is 12.7. The minimum Gasteiger partial charge on any atom is -0.460 e. The van der Waals surface area contributed by atoms with Crippen LogP contribution in [-0.2, 0) is 14.3 Å². The lowest BCUT2D eigenvalue weighted by atomic mass is 9.94. The molecule has 1 atom stereocenters. The van der Waals surface area contributed by atoms with E-state index in [9.17, 15) is 9.59 Å². The molecule has 1 N–H and O–H groups in total. The third-order valence-electron chi connectivity index (χ3n) is 4.06. The number of esters is 1. The van der Waals surface area contributed by atoms with Crippen molar-refractivity contribution >= 4 is 35.2 Å². The lowest BCUT2D eigenvalue weighted by Gasteiger charge is -2.37. The second-order valence-corrected chi connectivity index (χ2v) is 6.96. The summed E-state index contributed by atoms with van der Waals surface area (Å²) in [6.45, 7) is 5.88. The number of carbonyl (C=O) groups excluding carboxylic acids is 2. The van der Waals surface area contributed by atoms with E-state index in [1.54, 1.807) is 25.1 Å². The fourth-order valence-corrected chi connectivity index (χ4v) is 3.19. The molecule has 26 heavy (non-hydrogen) atoms. The monoisotopic (exact) mass is 400 g/mol. The Morgan fingerprint density at radius 2 is 1.96 bits per heavy atom. The van der Waals surface area contributed by atoms with Gasteiger partial charge in [-0.1, -0.05) is 29.3 Å². The quantitative estimate of drug-likeness (QED) is 0.579. The first kappa shape index (κ1) is 20.6. The molecule has 0 saturated heterocycles. The summed E-state index contributed by atoms with van der Waals surface area (Å²) >= 11 is 12.1. The highest BCUT2D eigenvalue weighted by atomic mass is 35.5. The number of urea groups is 1. The molecule has 2 rings (SSSR count). The van der Waals surface area contributed by atoms with Gasteiger partial charge in [-0.05, 0) is 38.5 Å². The van der Waals surface area contributed by atoms with Crippen LogP contribution in [0.1, 0.15) is 32.4 Å². The standard InChI is InChI=1S/C18H22Cl2N2O4/c1-10(2)22-11(3)15(17(23)26-8-7-25-4)16(21-18(22)24)12-5-6-13(19)14(20)9-12/h5-6,9-10,16H,7-8H2,1-4H3,(H,21,24)/t16-/m0/s1. The molecule has 6 nitrogen and oxygen atoms in total. The second kappa shape index (κ2) is 8.75. The fraction of sp³-hybridized carbons (Fsp3) is 0.444. The van der Waals surface area contributed by atoms with E-state index in [1.165, 1.54) is 12.0 Å². The van der Waals surface area contributed by atoms with Crippen molar-refractivity contribution in [2.24, 2.45) is 0 Å². The van der Waals surface area contributed by atoms with Crippen LogP contribution in [-0.4, -0.2) is 43.3 Å². The number of carbonyl (C=O) groups is 2. The van der Waals surface area contributed by atoms with Crippen LogP contribution in [0, 0.1) is 0 Å². The lowest BCUT2D eigenvalue weighted by molar-refractivity contribution is -0.140. The highest BCUT2D eigenvalue weighted by Crippen LogP contribution is 2.34. The van der Waals surface area contributed by atoms with Gasteiger partial charge in [-0.25, -0.2) is 9.59 Å². The molecule has 1 aliphatic rings. The first-order valence-corrected chi connectivity index (χ1v) is 8.95. The van der Waals surface area contributed by atoms with Crippen molar-refractivity contribution in [1.82, 2.24) is 10.2 Å². The molecular weight excluding hydrogens is 379 g/mol. The molecular formula is C18H22Cl2N2O4. The molecule has 0 radical (unpaired) electrons. The van der Waals surface area contributed by atoms with Crippen LogP contribution in [0.3, 0.4) is 0 Å². The van der Waals surface area contributed by atoms with Gasteiger partial charge >= 0.3 is 12.0 Å². The summed E-state index contributed by atoms with van der Waals surface area (Å²) in [5.74, 6) is -0.513. The molecule has 1 heterocycles. The summed E-state index contributed by atoms with van der Waals surface area (Å²) in [4.78, 5) is 26.8. The Balaban J connectivity index is 2.48. The molecule has 0 aliphatic carbocycles. The minimum atomic E-state index is -0.678. The smallest absolute Gasteiger partial charge is 0.338 e. The van der Waals surface area contributed by atoms with E-state index in [0.29, 0.717) is 26.9 Å². The van der Waals surface area contributed by atoms with Gasteiger partial charge in [0.15, 0.2) is 0 Å². The van der Waals surface area contributed by atoms with Gasteiger partial charge in [0, 0.05) is 18.8 Å². The summed E-state index contributed by atoms with van der Waals surface area (Å²) in [5, 5.41) is 3.59. The van der Waals surface area contributed by atoms with Gasteiger partial charge in [0.05, 0.1) is 28.3 Å². The number of benzene rings is 1. The number of allylic oxidation sites excluding steroid dienone is 1. The summed E-state index contributed by atoms with van der Waals surface area (Å²) in [6.07, 6.45) is 0. The molecule has 1 aliphatic heterocycles. The molecule has 142 valence electrons. The first-order chi connectivity index (χ1) is 12.3. The number of amides is 2. The van der Waals surface area contributed by atoms with Crippen molar-refractivity contribution < 1.29 is 19.1 Å². The van der Waals surface area contributed by atoms with Crippen LogP contribution >= 0.6 is 23.2 Å². The number of nitrogens with one attached hydrogen (secondary N) is 1. The maximum atomic E-state index is 12.7. The van der Waals surface area contributed by atoms with Crippen molar-refractivity contribution in [3.8, 4) is 0 Å².